The van der Waals surface area contributed by atoms with Gasteiger partial charge in [0, 0.05) is 6.04 Å². The Bertz CT molecular complexity index is 153. The van der Waals surface area contributed by atoms with Gasteiger partial charge in [-0.1, -0.05) is 40.0 Å². The number of rotatable bonds is 3. The summed E-state index contributed by atoms with van der Waals surface area (Å²) in [6.07, 6.45) is 7.20. The lowest BCUT2D eigenvalue weighted by Gasteiger charge is -2.29. The minimum absolute atomic E-state index is 0.736. The molecule has 0 aromatic rings. The summed E-state index contributed by atoms with van der Waals surface area (Å²) in [7, 11) is 2.12. The summed E-state index contributed by atoms with van der Waals surface area (Å²) in [6, 6.07) is 0.736. The van der Waals surface area contributed by atoms with Gasteiger partial charge in [-0.05, 0) is 37.6 Å². The Balaban J connectivity index is 2.48. The zero-order valence-corrected chi connectivity index (χ0v) is 10.3. The van der Waals surface area contributed by atoms with Crippen LogP contribution in [0, 0.1) is 17.8 Å². The molecule has 0 spiro atoms. The summed E-state index contributed by atoms with van der Waals surface area (Å²) in [5, 5.41) is 3.51. The minimum Gasteiger partial charge on any atom is -0.316 e. The van der Waals surface area contributed by atoms with E-state index in [1.165, 1.54) is 32.1 Å². The van der Waals surface area contributed by atoms with Gasteiger partial charge in [-0.2, -0.15) is 0 Å². The van der Waals surface area contributed by atoms with Crippen molar-refractivity contribution >= 4 is 0 Å². The molecule has 3 unspecified atom stereocenters. The average molecular weight is 197 g/mol. The smallest absolute Gasteiger partial charge is 0.0115 e. The van der Waals surface area contributed by atoms with E-state index in [0.29, 0.717) is 0 Å². The van der Waals surface area contributed by atoms with Crippen molar-refractivity contribution < 1.29 is 0 Å². The van der Waals surface area contributed by atoms with E-state index in [1.54, 1.807) is 0 Å². The molecule has 1 heteroatoms. The van der Waals surface area contributed by atoms with Crippen LogP contribution in [-0.2, 0) is 0 Å². The summed E-state index contributed by atoms with van der Waals surface area (Å²) >= 11 is 0. The third-order valence-corrected chi connectivity index (χ3v) is 3.86. The first-order valence-corrected chi connectivity index (χ1v) is 6.32. The molecule has 0 amide bonds. The van der Waals surface area contributed by atoms with Crippen molar-refractivity contribution in [3.8, 4) is 0 Å². The molecule has 1 aliphatic rings. The lowest BCUT2D eigenvalue weighted by Crippen LogP contribution is -2.37. The van der Waals surface area contributed by atoms with E-state index in [-0.39, 0.29) is 0 Å². The summed E-state index contributed by atoms with van der Waals surface area (Å²) < 4.78 is 0. The molecular weight excluding hydrogens is 170 g/mol. The summed E-state index contributed by atoms with van der Waals surface area (Å²) in [5.74, 6) is 2.66. The van der Waals surface area contributed by atoms with Gasteiger partial charge in [-0.15, -0.1) is 0 Å². The Labute approximate surface area is 89.7 Å². The van der Waals surface area contributed by atoms with Gasteiger partial charge < -0.3 is 5.32 Å². The van der Waals surface area contributed by atoms with Crippen molar-refractivity contribution in [3.63, 3.8) is 0 Å². The molecule has 14 heavy (non-hydrogen) atoms. The average Bonchev–Trinajstić information content (AvgIpc) is 2.32. The predicted octanol–water partition coefficient (Wildman–Crippen LogP) is 3.45. The molecule has 0 saturated heterocycles. The first-order chi connectivity index (χ1) is 6.65. The maximum absolute atomic E-state index is 3.51. The molecule has 84 valence electrons. The van der Waals surface area contributed by atoms with Gasteiger partial charge in [0.05, 0.1) is 0 Å². The topological polar surface area (TPSA) is 12.0 Å². The SMILES string of the molecule is CNC(C(C)C)C1CCCC(C)CC1. The highest BCUT2D eigenvalue weighted by molar-refractivity contribution is 4.80. The third kappa shape index (κ3) is 3.27. The van der Waals surface area contributed by atoms with Gasteiger partial charge >= 0.3 is 0 Å². The van der Waals surface area contributed by atoms with Crippen LogP contribution in [0.5, 0.6) is 0 Å². The van der Waals surface area contributed by atoms with Crippen molar-refractivity contribution in [2.24, 2.45) is 17.8 Å². The molecular formula is C13H27N. The summed E-state index contributed by atoms with van der Waals surface area (Å²) in [6.45, 7) is 7.09. The minimum atomic E-state index is 0.736. The molecule has 0 aromatic heterocycles. The second kappa shape index (κ2) is 5.75. The Morgan fingerprint density at radius 1 is 1.07 bits per heavy atom. The van der Waals surface area contributed by atoms with Crippen LogP contribution >= 0.6 is 0 Å². The molecule has 0 radical (unpaired) electrons. The zero-order valence-electron chi connectivity index (χ0n) is 10.3. The first kappa shape index (κ1) is 12.0. The monoisotopic (exact) mass is 197 g/mol. The van der Waals surface area contributed by atoms with E-state index in [9.17, 15) is 0 Å². The molecule has 1 nitrogen and oxygen atoms in total. The Kier molecular flexibility index (Phi) is 4.94. The van der Waals surface area contributed by atoms with Crippen LogP contribution in [0.1, 0.15) is 52.9 Å². The third-order valence-electron chi connectivity index (χ3n) is 3.86. The van der Waals surface area contributed by atoms with E-state index in [1.807, 2.05) is 0 Å². The maximum Gasteiger partial charge on any atom is 0.0115 e. The van der Waals surface area contributed by atoms with E-state index in [0.717, 1.165) is 23.8 Å². The standard InChI is InChI=1S/C13H27N/c1-10(2)13(14-4)12-7-5-6-11(3)8-9-12/h10-14H,5-9H2,1-4H3. The maximum atomic E-state index is 3.51. The van der Waals surface area contributed by atoms with Crippen molar-refractivity contribution in [1.82, 2.24) is 5.32 Å². The van der Waals surface area contributed by atoms with Crippen LogP contribution in [0.15, 0.2) is 0 Å². The van der Waals surface area contributed by atoms with Crippen LogP contribution < -0.4 is 5.32 Å². The Morgan fingerprint density at radius 3 is 2.36 bits per heavy atom. The van der Waals surface area contributed by atoms with Crippen LogP contribution in [0.25, 0.3) is 0 Å². The van der Waals surface area contributed by atoms with Gasteiger partial charge in [-0.25, -0.2) is 0 Å². The fraction of sp³-hybridized carbons (Fsp3) is 1.00. The number of hydrogen-bond acceptors (Lipinski definition) is 1. The van der Waals surface area contributed by atoms with Crippen molar-refractivity contribution in [2.75, 3.05) is 7.05 Å². The fourth-order valence-corrected chi connectivity index (χ4v) is 2.99. The fourth-order valence-electron chi connectivity index (χ4n) is 2.99. The quantitative estimate of drug-likeness (QED) is 0.683. The van der Waals surface area contributed by atoms with Gasteiger partial charge in [0.2, 0.25) is 0 Å². The molecule has 0 heterocycles. The highest BCUT2D eigenvalue weighted by Crippen LogP contribution is 2.30. The summed E-state index contributed by atoms with van der Waals surface area (Å²) in [4.78, 5) is 0. The second-order valence-corrected chi connectivity index (χ2v) is 5.43. The zero-order chi connectivity index (χ0) is 10.6. The van der Waals surface area contributed by atoms with Crippen molar-refractivity contribution in [2.45, 2.75) is 58.9 Å². The molecule has 1 N–H and O–H groups in total. The normalized spacial score (nSPS) is 31.5. The Hall–Kier alpha value is -0.0400. The molecule has 1 saturated carbocycles. The molecule has 1 aliphatic carbocycles. The predicted molar refractivity (Wildman–Crippen MR) is 63.4 cm³/mol. The molecule has 0 bridgehead atoms. The Morgan fingerprint density at radius 2 is 1.79 bits per heavy atom. The van der Waals surface area contributed by atoms with Gasteiger partial charge in [-0.3, -0.25) is 0 Å². The highest BCUT2D eigenvalue weighted by atomic mass is 14.9. The highest BCUT2D eigenvalue weighted by Gasteiger charge is 2.25. The molecule has 3 atom stereocenters. The van der Waals surface area contributed by atoms with Gasteiger partial charge in [0.1, 0.15) is 0 Å². The van der Waals surface area contributed by atoms with E-state index >= 15 is 0 Å². The summed E-state index contributed by atoms with van der Waals surface area (Å²) in [5.41, 5.74) is 0. The van der Waals surface area contributed by atoms with Crippen LogP contribution in [0.2, 0.25) is 0 Å². The van der Waals surface area contributed by atoms with Crippen LogP contribution in [0.3, 0.4) is 0 Å². The number of nitrogens with one attached hydrogen (secondary N) is 1. The van der Waals surface area contributed by atoms with Crippen molar-refractivity contribution in [1.29, 1.82) is 0 Å². The van der Waals surface area contributed by atoms with Gasteiger partial charge in [0.15, 0.2) is 0 Å². The largest absolute Gasteiger partial charge is 0.316 e. The molecule has 0 aromatic carbocycles. The first-order valence-electron chi connectivity index (χ1n) is 6.32. The molecule has 0 aliphatic heterocycles. The number of hydrogen-bond donors (Lipinski definition) is 1. The van der Waals surface area contributed by atoms with E-state index < -0.39 is 0 Å². The van der Waals surface area contributed by atoms with Crippen LogP contribution in [0.4, 0.5) is 0 Å². The molecule has 1 rings (SSSR count). The van der Waals surface area contributed by atoms with Crippen LogP contribution in [-0.4, -0.2) is 13.1 Å². The second-order valence-electron chi connectivity index (χ2n) is 5.43. The van der Waals surface area contributed by atoms with E-state index in [2.05, 4.69) is 33.1 Å². The lowest BCUT2D eigenvalue weighted by atomic mass is 9.85. The molecule has 1 fully saturated rings. The van der Waals surface area contributed by atoms with E-state index in [4.69, 9.17) is 0 Å². The lowest BCUT2D eigenvalue weighted by molar-refractivity contribution is 0.269. The van der Waals surface area contributed by atoms with Gasteiger partial charge in [0.25, 0.3) is 0 Å². The van der Waals surface area contributed by atoms with Crippen molar-refractivity contribution in [3.05, 3.63) is 0 Å².